The van der Waals surface area contributed by atoms with Gasteiger partial charge in [0.1, 0.15) is 20.1 Å². The summed E-state index contributed by atoms with van der Waals surface area (Å²) >= 11 is 6.59. The Kier molecular flexibility index (Phi) is 5.78. The fourth-order valence-corrected chi connectivity index (χ4v) is 4.99. The van der Waals surface area contributed by atoms with E-state index in [1.54, 1.807) is 6.92 Å². The fraction of sp³-hybridized carbons (Fsp3) is 0.500. The van der Waals surface area contributed by atoms with E-state index < -0.39 is 37.6 Å². The van der Waals surface area contributed by atoms with Gasteiger partial charge in [0.2, 0.25) is 0 Å². The number of hydrogen-bond acceptors (Lipinski definition) is 6. The summed E-state index contributed by atoms with van der Waals surface area (Å²) in [5.74, 6) is -1.88. The molecule has 0 fully saturated rings. The summed E-state index contributed by atoms with van der Waals surface area (Å²) in [7, 11) is -7.46. The van der Waals surface area contributed by atoms with Gasteiger partial charge in [0.05, 0.1) is 10.1 Å². The number of halogens is 1. The lowest BCUT2D eigenvalue weighted by molar-refractivity contribution is -0.139. The lowest BCUT2D eigenvalue weighted by Gasteiger charge is -2.13. The number of rotatable bonds is 7. The largest absolute Gasteiger partial charge is 0.480 e. The van der Waals surface area contributed by atoms with Gasteiger partial charge in [0.25, 0.3) is 10.0 Å². The molecule has 7 nitrogen and oxygen atoms in total. The van der Waals surface area contributed by atoms with E-state index in [4.69, 9.17) is 16.7 Å². The van der Waals surface area contributed by atoms with Gasteiger partial charge in [0, 0.05) is 6.26 Å². The molecule has 0 aliphatic heterocycles. The first-order valence-electron chi connectivity index (χ1n) is 5.61. The number of hydrogen-bond donors (Lipinski definition) is 2. The molecule has 0 bridgehead atoms. The minimum absolute atomic E-state index is 0.115. The Balaban J connectivity index is 2.95. The maximum absolute atomic E-state index is 12.1. The van der Waals surface area contributed by atoms with Crippen LogP contribution in [0.5, 0.6) is 0 Å². The fourth-order valence-electron chi connectivity index (χ4n) is 1.37. The normalized spacial score (nSPS) is 14.0. The maximum atomic E-state index is 12.1. The van der Waals surface area contributed by atoms with Crippen molar-refractivity contribution in [3.05, 3.63) is 16.0 Å². The van der Waals surface area contributed by atoms with Crippen molar-refractivity contribution in [2.75, 3.05) is 12.0 Å². The number of thiophene rings is 1. The predicted octanol–water partition coefficient (Wildman–Crippen LogP) is 0.876. The second-order valence-electron chi connectivity index (χ2n) is 4.45. The first kappa shape index (κ1) is 18.4. The number of aliphatic carboxylic acids is 1. The minimum Gasteiger partial charge on any atom is -0.480 e. The van der Waals surface area contributed by atoms with Crippen LogP contribution >= 0.6 is 22.9 Å². The Morgan fingerprint density at radius 1 is 1.43 bits per heavy atom. The summed E-state index contributed by atoms with van der Waals surface area (Å²) < 4.78 is 48.4. The van der Waals surface area contributed by atoms with Gasteiger partial charge in [0.15, 0.2) is 0 Å². The topological polar surface area (TPSA) is 118 Å². The van der Waals surface area contributed by atoms with Crippen LogP contribution in [-0.2, 0) is 24.7 Å². The van der Waals surface area contributed by atoms with Gasteiger partial charge in [-0.15, -0.1) is 11.3 Å². The summed E-state index contributed by atoms with van der Waals surface area (Å²) in [4.78, 5) is 11.1. The van der Waals surface area contributed by atoms with E-state index in [9.17, 15) is 21.6 Å². The first-order valence-corrected chi connectivity index (χ1v) is 10.3. The molecular formula is C10H14ClNO6S3. The standard InChI is InChI=1S/C10H14ClNO6S3/c1-6-5-8(19-9(6)11)21(17,18)12-7(10(13)14)3-4-20(2,15)16/h5,7,12H,3-4H2,1-2H3,(H,13,14). The van der Waals surface area contributed by atoms with Gasteiger partial charge in [-0.25, -0.2) is 16.8 Å². The third-order valence-corrected chi connectivity index (χ3v) is 6.95. The minimum atomic E-state index is -4.07. The molecule has 0 aliphatic carbocycles. The molecule has 0 aliphatic rings. The Morgan fingerprint density at radius 2 is 2.00 bits per heavy atom. The Labute approximate surface area is 131 Å². The molecule has 1 aromatic rings. The summed E-state index contributed by atoms with van der Waals surface area (Å²) in [6.07, 6.45) is 0.592. The van der Waals surface area contributed by atoms with Crippen LogP contribution in [0.2, 0.25) is 4.34 Å². The first-order chi connectivity index (χ1) is 9.42. The molecule has 0 spiro atoms. The number of sulfonamides is 1. The highest BCUT2D eigenvalue weighted by Gasteiger charge is 2.27. The van der Waals surface area contributed by atoms with Gasteiger partial charge in [-0.05, 0) is 25.0 Å². The van der Waals surface area contributed by atoms with Crippen molar-refractivity contribution in [2.24, 2.45) is 0 Å². The number of carboxylic acid groups (broad SMARTS) is 1. The quantitative estimate of drug-likeness (QED) is 0.730. The molecule has 0 radical (unpaired) electrons. The van der Waals surface area contributed by atoms with E-state index in [-0.39, 0.29) is 10.6 Å². The highest BCUT2D eigenvalue weighted by Crippen LogP contribution is 2.30. The zero-order chi connectivity index (χ0) is 16.4. The van der Waals surface area contributed by atoms with Crippen molar-refractivity contribution in [3.8, 4) is 0 Å². The predicted molar refractivity (Wildman–Crippen MR) is 80.1 cm³/mol. The maximum Gasteiger partial charge on any atom is 0.321 e. The van der Waals surface area contributed by atoms with Gasteiger partial charge in [-0.3, -0.25) is 4.79 Å². The van der Waals surface area contributed by atoms with Gasteiger partial charge in [-0.2, -0.15) is 4.72 Å². The van der Waals surface area contributed by atoms with Gasteiger partial charge < -0.3 is 5.11 Å². The average molecular weight is 376 g/mol. The van der Waals surface area contributed by atoms with Crippen LogP contribution in [0.3, 0.4) is 0 Å². The Bertz CT molecular complexity index is 717. The number of carbonyl (C=O) groups is 1. The molecule has 11 heteroatoms. The van der Waals surface area contributed by atoms with Gasteiger partial charge >= 0.3 is 5.97 Å². The molecule has 1 unspecified atom stereocenters. The van der Waals surface area contributed by atoms with Crippen molar-refractivity contribution >= 4 is 48.8 Å². The zero-order valence-corrected chi connectivity index (χ0v) is 14.4. The molecule has 1 atom stereocenters. The average Bonchev–Trinajstić information content (AvgIpc) is 2.64. The van der Waals surface area contributed by atoms with E-state index >= 15 is 0 Å². The molecule has 21 heavy (non-hydrogen) atoms. The van der Waals surface area contributed by atoms with Crippen molar-refractivity contribution < 1.29 is 26.7 Å². The van der Waals surface area contributed by atoms with Crippen LogP contribution < -0.4 is 4.72 Å². The second kappa shape index (κ2) is 6.61. The number of aryl methyl sites for hydroxylation is 1. The van der Waals surface area contributed by atoms with Crippen LogP contribution in [0.4, 0.5) is 0 Å². The molecule has 2 N–H and O–H groups in total. The molecule has 0 saturated heterocycles. The number of sulfone groups is 1. The number of nitrogens with one attached hydrogen (secondary N) is 1. The highest BCUT2D eigenvalue weighted by atomic mass is 35.5. The van der Waals surface area contributed by atoms with E-state index in [1.807, 2.05) is 4.72 Å². The molecule has 0 amide bonds. The van der Waals surface area contributed by atoms with Crippen LogP contribution in [-0.4, -0.2) is 46.0 Å². The van der Waals surface area contributed by atoms with Crippen LogP contribution in [0, 0.1) is 6.92 Å². The summed E-state index contributed by atoms with van der Waals surface area (Å²) in [6.45, 7) is 1.62. The third kappa shape index (κ3) is 5.55. The molecule has 1 rings (SSSR count). The van der Waals surface area contributed by atoms with Gasteiger partial charge in [-0.1, -0.05) is 11.6 Å². The molecule has 0 saturated carbocycles. The Hall–Kier alpha value is -0.680. The summed E-state index contributed by atoms with van der Waals surface area (Å²) in [5.41, 5.74) is 0.560. The van der Waals surface area contributed by atoms with Crippen molar-refractivity contribution in [2.45, 2.75) is 23.6 Å². The van der Waals surface area contributed by atoms with E-state index in [0.29, 0.717) is 9.90 Å². The third-order valence-electron chi connectivity index (χ3n) is 2.47. The second-order valence-corrected chi connectivity index (χ2v) is 10.3. The highest BCUT2D eigenvalue weighted by molar-refractivity contribution is 7.91. The van der Waals surface area contributed by atoms with Crippen LogP contribution in [0.1, 0.15) is 12.0 Å². The monoisotopic (exact) mass is 375 g/mol. The van der Waals surface area contributed by atoms with Crippen LogP contribution in [0.15, 0.2) is 10.3 Å². The lowest BCUT2D eigenvalue weighted by Crippen LogP contribution is -2.41. The number of carboxylic acids is 1. The summed E-state index contributed by atoms with van der Waals surface area (Å²) in [5, 5.41) is 9.00. The Morgan fingerprint density at radius 3 is 2.38 bits per heavy atom. The van der Waals surface area contributed by atoms with Crippen molar-refractivity contribution in [1.82, 2.24) is 4.72 Å². The zero-order valence-electron chi connectivity index (χ0n) is 11.2. The SMILES string of the molecule is Cc1cc(S(=O)(=O)NC(CCS(C)(=O)=O)C(=O)O)sc1Cl. The van der Waals surface area contributed by atoms with Crippen LogP contribution in [0.25, 0.3) is 0 Å². The molecule has 1 aromatic heterocycles. The summed E-state index contributed by atoms with van der Waals surface area (Å²) in [6, 6.07) is -0.198. The van der Waals surface area contributed by atoms with E-state index in [2.05, 4.69) is 0 Å². The van der Waals surface area contributed by atoms with E-state index in [1.165, 1.54) is 6.07 Å². The smallest absolute Gasteiger partial charge is 0.321 e. The van der Waals surface area contributed by atoms with E-state index in [0.717, 1.165) is 17.6 Å². The van der Waals surface area contributed by atoms with Crippen molar-refractivity contribution in [3.63, 3.8) is 0 Å². The molecule has 120 valence electrons. The molecular weight excluding hydrogens is 362 g/mol. The molecule has 0 aromatic carbocycles. The van der Waals surface area contributed by atoms with Crippen molar-refractivity contribution in [1.29, 1.82) is 0 Å². The lowest BCUT2D eigenvalue weighted by atomic mass is 10.2. The molecule has 1 heterocycles.